The zero-order chi connectivity index (χ0) is 24.8. The summed E-state index contributed by atoms with van der Waals surface area (Å²) in [6, 6.07) is 19.6. The molecule has 0 saturated carbocycles. The smallest absolute Gasteiger partial charge is 0.329 e. The normalized spacial score (nSPS) is 11.6. The molecule has 8 heteroatoms. The Bertz CT molecular complexity index is 1360. The number of methoxy groups -OCH3 is 1. The standard InChI is InChI=1S/C27H23ClN2O5/c1-34-19-12-10-17(11-13-19)25(31)16-35-27(33)24(30-26(32)21-7-2-4-8-22(21)28)14-18-15-29-23-9-5-3-6-20(18)23/h2-13,15,24,29H,14,16H2,1H3,(H,30,32)/t24-/m0/s1. The van der Waals surface area contributed by atoms with Crippen molar-refractivity contribution in [2.24, 2.45) is 0 Å². The molecule has 0 spiro atoms. The molecule has 2 N–H and O–H groups in total. The lowest BCUT2D eigenvalue weighted by molar-refractivity contribution is -0.144. The fourth-order valence-electron chi connectivity index (χ4n) is 3.69. The van der Waals surface area contributed by atoms with Gasteiger partial charge in [0, 0.05) is 29.1 Å². The van der Waals surface area contributed by atoms with E-state index < -0.39 is 24.5 Å². The predicted octanol–water partition coefficient (Wildman–Crippen LogP) is 4.60. The Morgan fingerprint density at radius 2 is 1.69 bits per heavy atom. The number of ketones is 1. The zero-order valence-corrected chi connectivity index (χ0v) is 19.7. The van der Waals surface area contributed by atoms with Gasteiger partial charge in [0.05, 0.1) is 17.7 Å². The highest BCUT2D eigenvalue weighted by Gasteiger charge is 2.26. The van der Waals surface area contributed by atoms with Gasteiger partial charge in [-0.1, -0.05) is 41.9 Å². The second-order valence-corrected chi connectivity index (χ2v) is 8.24. The van der Waals surface area contributed by atoms with Crippen LogP contribution in [0.25, 0.3) is 10.9 Å². The number of esters is 1. The zero-order valence-electron chi connectivity index (χ0n) is 18.9. The van der Waals surface area contributed by atoms with Gasteiger partial charge in [0.15, 0.2) is 12.4 Å². The molecule has 0 unspecified atom stereocenters. The van der Waals surface area contributed by atoms with Crippen molar-refractivity contribution < 1.29 is 23.9 Å². The molecular formula is C27H23ClN2O5. The van der Waals surface area contributed by atoms with Crippen molar-refractivity contribution in [3.63, 3.8) is 0 Å². The lowest BCUT2D eigenvalue weighted by Crippen LogP contribution is -2.44. The Hall–Kier alpha value is -4.10. The Kier molecular flexibility index (Phi) is 7.48. The monoisotopic (exact) mass is 490 g/mol. The predicted molar refractivity (Wildman–Crippen MR) is 133 cm³/mol. The van der Waals surface area contributed by atoms with Gasteiger partial charge in [-0.25, -0.2) is 4.79 Å². The van der Waals surface area contributed by atoms with Crippen LogP contribution in [0.1, 0.15) is 26.3 Å². The van der Waals surface area contributed by atoms with Crippen molar-refractivity contribution in [1.29, 1.82) is 0 Å². The molecule has 3 aromatic carbocycles. The van der Waals surface area contributed by atoms with Crippen LogP contribution >= 0.6 is 11.6 Å². The van der Waals surface area contributed by atoms with E-state index in [1.165, 1.54) is 7.11 Å². The van der Waals surface area contributed by atoms with Gasteiger partial charge >= 0.3 is 5.97 Å². The molecule has 0 radical (unpaired) electrons. The number of carbonyl (C=O) groups excluding carboxylic acids is 3. The van der Waals surface area contributed by atoms with Crippen LogP contribution in [-0.4, -0.2) is 42.4 Å². The number of H-pyrrole nitrogens is 1. The van der Waals surface area contributed by atoms with Crippen LogP contribution in [0.2, 0.25) is 5.02 Å². The van der Waals surface area contributed by atoms with Gasteiger partial charge < -0.3 is 19.8 Å². The topological polar surface area (TPSA) is 97.5 Å². The van der Waals surface area contributed by atoms with Crippen LogP contribution in [0.3, 0.4) is 0 Å². The molecule has 1 atom stereocenters. The first-order valence-corrected chi connectivity index (χ1v) is 11.3. The molecule has 1 amide bonds. The molecule has 0 aliphatic heterocycles. The number of hydrogen-bond donors (Lipinski definition) is 2. The first kappa shape index (κ1) is 24.0. The van der Waals surface area contributed by atoms with Crippen molar-refractivity contribution in [2.45, 2.75) is 12.5 Å². The Morgan fingerprint density at radius 1 is 0.971 bits per heavy atom. The van der Waals surface area contributed by atoms with E-state index in [4.69, 9.17) is 21.1 Å². The van der Waals surface area contributed by atoms with E-state index in [2.05, 4.69) is 10.3 Å². The summed E-state index contributed by atoms with van der Waals surface area (Å²) in [5.41, 5.74) is 2.34. The van der Waals surface area contributed by atoms with Gasteiger partial charge in [-0.05, 0) is 48.0 Å². The summed E-state index contributed by atoms with van der Waals surface area (Å²) in [5.74, 6) is -1.000. The fourth-order valence-corrected chi connectivity index (χ4v) is 3.91. The van der Waals surface area contributed by atoms with Crippen LogP contribution in [-0.2, 0) is 16.0 Å². The number of Topliss-reactive ketones (excluding diaryl/α,β-unsaturated/α-hetero) is 1. The number of para-hydroxylation sites is 1. The van der Waals surface area contributed by atoms with E-state index >= 15 is 0 Å². The number of aromatic nitrogens is 1. The molecule has 0 aliphatic carbocycles. The molecule has 0 fully saturated rings. The third kappa shape index (κ3) is 5.70. The Labute approximate surface area is 207 Å². The summed E-state index contributed by atoms with van der Waals surface area (Å²) < 4.78 is 10.4. The van der Waals surface area contributed by atoms with E-state index in [9.17, 15) is 14.4 Å². The minimum absolute atomic E-state index is 0.162. The second-order valence-electron chi connectivity index (χ2n) is 7.83. The molecule has 1 heterocycles. The van der Waals surface area contributed by atoms with E-state index in [-0.39, 0.29) is 22.8 Å². The number of aromatic amines is 1. The van der Waals surface area contributed by atoms with Crippen molar-refractivity contribution >= 4 is 40.2 Å². The molecule has 0 saturated heterocycles. The number of amides is 1. The van der Waals surface area contributed by atoms with Gasteiger partial charge in [0.1, 0.15) is 11.8 Å². The number of fused-ring (bicyclic) bond motifs is 1. The van der Waals surface area contributed by atoms with Crippen LogP contribution in [0.5, 0.6) is 5.75 Å². The lowest BCUT2D eigenvalue weighted by Gasteiger charge is -2.18. The highest BCUT2D eigenvalue weighted by molar-refractivity contribution is 6.33. The van der Waals surface area contributed by atoms with Gasteiger partial charge in [0.2, 0.25) is 0 Å². The molecule has 1 aromatic heterocycles. The third-order valence-electron chi connectivity index (χ3n) is 5.56. The van der Waals surface area contributed by atoms with Crippen LogP contribution in [0.15, 0.2) is 79.0 Å². The highest BCUT2D eigenvalue weighted by Crippen LogP contribution is 2.21. The van der Waals surface area contributed by atoms with Crippen molar-refractivity contribution in [2.75, 3.05) is 13.7 Å². The van der Waals surface area contributed by atoms with Gasteiger partial charge in [-0.3, -0.25) is 9.59 Å². The lowest BCUT2D eigenvalue weighted by atomic mass is 10.0. The van der Waals surface area contributed by atoms with Crippen LogP contribution in [0, 0.1) is 0 Å². The number of halogens is 1. The number of carbonyl (C=O) groups is 3. The van der Waals surface area contributed by atoms with E-state index in [1.54, 1.807) is 54.7 Å². The maximum absolute atomic E-state index is 13.0. The van der Waals surface area contributed by atoms with Crippen molar-refractivity contribution in [1.82, 2.24) is 10.3 Å². The molecule has 0 aliphatic rings. The molecule has 0 bridgehead atoms. The van der Waals surface area contributed by atoms with Crippen molar-refractivity contribution in [3.05, 3.63) is 101 Å². The SMILES string of the molecule is COc1ccc(C(=O)COC(=O)[C@H](Cc2c[nH]c3ccccc23)NC(=O)c2ccccc2Cl)cc1. The average Bonchev–Trinajstić information content (AvgIpc) is 3.29. The van der Waals surface area contributed by atoms with Crippen LogP contribution < -0.4 is 10.1 Å². The molecular weight excluding hydrogens is 468 g/mol. The van der Waals surface area contributed by atoms with Gasteiger partial charge in [-0.15, -0.1) is 0 Å². The molecule has 4 rings (SSSR count). The third-order valence-corrected chi connectivity index (χ3v) is 5.89. The largest absolute Gasteiger partial charge is 0.497 e. The first-order valence-electron chi connectivity index (χ1n) is 10.9. The molecule has 178 valence electrons. The number of rotatable bonds is 9. The fraction of sp³-hybridized carbons (Fsp3) is 0.148. The first-order chi connectivity index (χ1) is 17.0. The summed E-state index contributed by atoms with van der Waals surface area (Å²) in [6.07, 6.45) is 1.95. The number of benzene rings is 3. The van der Waals surface area contributed by atoms with Crippen LogP contribution in [0.4, 0.5) is 0 Å². The van der Waals surface area contributed by atoms with E-state index in [0.29, 0.717) is 11.3 Å². The quantitative estimate of drug-likeness (QED) is 0.264. The number of nitrogens with one attached hydrogen (secondary N) is 2. The minimum atomic E-state index is -1.04. The van der Waals surface area contributed by atoms with Gasteiger partial charge in [0.25, 0.3) is 5.91 Å². The van der Waals surface area contributed by atoms with E-state index in [1.807, 2.05) is 24.3 Å². The summed E-state index contributed by atoms with van der Waals surface area (Å²) in [6.45, 7) is -0.461. The molecule has 7 nitrogen and oxygen atoms in total. The minimum Gasteiger partial charge on any atom is -0.497 e. The number of ether oxygens (including phenoxy) is 2. The molecule has 35 heavy (non-hydrogen) atoms. The molecule has 4 aromatic rings. The Morgan fingerprint density at radius 3 is 2.43 bits per heavy atom. The number of hydrogen-bond acceptors (Lipinski definition) is 5. The summed E-state index contributed by atoms with van der Waals surface area (Å²) in [5, 5.41) is 3.90. The summed E-state index contributed by atoms with van der Waals surface area (Å²) in [7, 11) is 1.53. The second kappa shape index (κ2) is 10.9. The maximum atomic E-state index is 13.0. The summed E-state index contributed by atoms with van der Waals surface area (Å²) >= 11 is 6.16. The summed E-state index contributed by atoms with van der Waals surface area (Å²) in [4.78, 5) is 41.6. The van der Waals surface area contributed by atoms with E-state index in [0.717, 1.165) is 16.5 Å². The van der Waals surface area contributed by atoms with Crippen molar-refractivity contribution in [3.8, 4) is 5.75 Å². The van der Waals surface area contributed by atoms with Gasteiger partial charge in [-0.2, -0.15) is 0 Å². The maximum Gasteiger partial charge on any atom is 0.329 e. The average molecular weight is 491 g/mol. The highest BCUT2D eigenvalue weighted by atomic mass is 35.5. The Balaban J connectivity index is 1.51.